The van der Waals surface area contributed by atoms with Gasteiger partial charge in [-0.1, -0.05) is 18.2 Å². The second-order valence-corrected chi connectivity index (χ2v) is 6.13. The molecule has 6 heteroatoms. The summed E-state index contributed by atoms with van der Waals surface area (Å²) >= 11 is 1.37. The number of esters is 1. The summed E-state index contributed by atoms with van der Waals surface area (Å²) in [6.45, 7) is 1.32. The molecular formula is C18H12N2O3S. The molecule has 4 aromatic rings. The third-order valence-corrected chi connectivity index (χ3v) is 4.68. The fourth-order valence-corrected chi connectivity index (χ4v) is 3.73. The lowest BCUT2D eigenvalue weighted by molar-refractivity contribution is -0.131. The molecule has 1 aromatic carbocycles. The lowest BCUT2D eigenvalue weighted by atomic mass is 10.2. The summed E-state index contributed by atoms with van der Waals surface area (Å²) in [7, 11) is 0. The van der Waals surface area contributed by atoms with Crippen LogP contribution in [0.5, 0.6) is 5.75 Å². The van der Waals surface area contributed by atoms with Crippen LogP contribution >= 0.6 is 11.3 Å². The highest BCUT2D eigenvalue weighted by molar-refractivity contribution is 7.18. The van der Waals surface area contributed by atoms with E-state index in [1.54, 1.807) is 16.1 Å². The van der Waals surface area contributed by atoms with Gasteiger partial charge in [-0.3, -0.25) is 14.2 Å². The van der Waals surface area contributed by atoms with E-state index < -0.39 is 5.97 Å². The van der Waals surface area contributed by atoms with Crippen LogP contribution in [-0.4, -0.2) is 15.5 Å². The Morgan fingerprint density at radius 1 is 1.17 bits per heavy atom. The maximum Gasteiger partial charge on any atom is 0.308 e. The normalized spacial score (nSPS) is 11.0. The first-order valence-electron chi connectivity index (χ1n) is 7.31. The van der Waals surface area contributed by atoms with Crippen LogP contribution in [0.1, 0.15) is 6.92 Å². The van der Waals surface area contributed by atoms with E-state index in [9.17, 15) is 9.59 Å². The van der Waals surface area contributed by atoms with Crippen LogP contribution in [0.3, 0.4) is 0 Å². The van der Waals surface area contributed by atoms with Crippen molar-refractivity contribution in [3.05, 3.63) is 64.4 Å². The number of fused-ring (bicyclic) bond motifs is 3. The summed E-state index contributed by atoms with van der Waals surface area (Å²) in [5, 5.41) is 2.94. The third-order valence-electron chi connectivity index (χ3n) is 3.69. The number of hydrogen-bond acceptors (Lipinski definition) is 5. The molecule has 0 radical (unpaired) electrons. The number of hydrogen-bond donors (Lipinski definition) is 0. The van der Waals surface area contributed by atoms with E-state index in [0.717, 1.165) is 10.1 Å². The Labute approximate surface area is 140 Å². The molecule has 3 heterocycles. The lowest BCUT2D eigenvalue weighted by Gasteiger charge is -2.10. The number of rotatable bonds is 2. The third kappa shape index (κ3) is 2.19. The van der Waals surface area contributed by atoms with Crippen molar-refractivity contribution in [2.24, 2.45) is 0 Å². The molecule has 0 spiro atoms. The van der Waals surface area contributed by atoms with Gasteiger partial charge in [0.25, 0.3) is 5.56 Å². The molecule has 0 aliphatic heterocycles. The highest BCUT2D eigenvalue weighted by atomic mass is 32.1. The molecule has 0 unspecified atom stereocenters. The van der Waals surface area contributed by atoms with Crippen LogP contribution in [-0.2, 0) is 4.79 Å². The summed E-state index contributed by atoms with van der Waals surface area (Å²) < 4.78 is 7.55. The van der Waals surface area contributed by atoms with Gasteiger partial charge in [-0.05, 0) is 24.3 Å². The largest absolute Gasteiger partial charge is 0.425 e. The molecule has 0 aliphatic carbocycles. The predicted octanol–water partition coefficient (Wildman–Crippen LogP) is 3.53. The minimum absolute atomic E-state index is 0.250. The van der Waals surface area contributed by atoms with Gasteiger partial charge in [0.05, 0.1) is 10.4 Å². The van der Waals surface area contributed by atoms with Crippen LogP contribution < -0.4 is 10.3 Å². The molecule has 0 N–H and O–H groups in total. The Hall–Kier alpha value is -2.99. The van der Waals surface area contributed by atoms with Gasteiger partial charge in [-0.15, -0.1) is 11.3 Å². The smallest absolute Gasteiger partial charge is 0.308 e. The number of benzene rings is 1. The van der Waals surface area contributed by atoms with E-state index in [1.165, 1.54) is 18.3 Å². The van der Waals surface area contributed by atoms with E-state index in [2.05, 4.69) is 4.98 Å². The highest BCUT2D eigenvalue weighted by Crippen LogP contribution is 2.35. The van der Waals surface area contributed by atoms with Crippen molar-refractivity contribution >= 4 is 38.4 Å². The van der Waals surface area contributed by atoms with Crippen molar-refractivity contribution < 1.29 is 9.53 Å². The minimum Gasteiger partial charge on any atom is -0.425 e. The topological polar surface area (TPSA) is 61.2 Å². The second-order valence-electron chi connectivity index (χ2n) is 5.25. The van der Waals surface area contributed by atoms with Crippen molar-refractivity contribution in [3.8, 4) is 11.4 Å². The van der Waals surface area contributed by atoms with E-state index in [0.29, 0.717) is 22.5 Å². The zero-order valence-corrected chi connectivity index (χ0v) is 13.5. The molecule has 0 atom stereocenters. The predicted molar refractivity (Wildman–Crippen MR) is 94.0 cm³/mol. The number of aromatic nitrogens is 2. The first kappa shape index (κ1) is 14.6. The summed E-state index contributed by atoms with van der Waals surface area (Å²) in [5.74, 6) is -0.158. The Bertz CT molecular complexity index is 1130. The van der Waals surface area contributed by atoms with E-state index in [4.69, 9.17) is 4.74 Å². The first-order chi connectivity index (χ1) is 11.7. The fraction of sp³-hybridized carbons (Fsp3) is 0.0556. The monoisotopic (exact) mass is 336 g/mol. The molecule has 3 aromatic heterocycles. The zero-order valence-electron chi connectivity index (χ0n) is 12.7. The van der Waals surface area contributed by atoms with Crippen LogP contribution in [0, 0.1) is 0 Å². The number of ether oxygens (including phenoxy) is 1. The van der Waals surface area contributed by atoms with Crippen molar-refractivity contribution in [2.45, 2.75) is 6.92 Å². The number of para-hydroxylation sites is 1. The molecule has 0 saturated heterocycles. The van der Waals surface area contributed by atoms with Gasteiger partial charge in [0.15, 0.2) is 5.75 Å². The van der Waals surface area contributed by atoms with Gasteiger partial charge in [-0.2, -0.15) is 0 Å². The molecule has 0 fully saturated rings. The van der Waals surface area contributed by atoms with Crippen LogP contribution in [0.2, 0.25) is 0 Å². The number of thiophene rings is 1. The zero-order chi connectivity index (χ0) is 16.7. The minimum atomic E-state index is -0.452. The number of carbonyl (C=O) groups excluding carboxylic acids is 1. The maximum absolute atomic E-state index is 13.1. The van der Waals surface area contributed by atoms with Gasteiger partial charge in [0.2, 0.25) is 0 Å². The Kier molecular flexibility index (Phi) is 3.39. The van der Waals surface area contributed by atoms with Crippen LogP contribution in [0.25, 0.3) is 26.8 Å². The molecule has 118 valence electrons. The number of pyridine rings is 2. The molecule has 0 saturated carbocycles. The molecular weight excluding hydrogens is 324 g/mol. The van der Waals surface area contributed by atoms with Crippen molar-refractivity contribution in [1.29, 1.82) is 0 Å². The lowest BCUT2D eigenvalue weighted by Crippen LogP contribution is -2.20. The second kappa shape index (κ2) is 5.58. The molecule has 0 amide bonds. The molecule has 24 heavy (non-hydrogen) atoms. The summed E-state index contributed by atoms with van der Waals surface area (Å²) in [5.41, 5.74) is 1.05. The fourth-order valence-electron chi connectivity index (χ4n) is 2.75. The van der Waals surface area contributed by atoms with E-state index >= 15 is 0 Å². The van der Waals surface area contributed by atoms with Crippen LogP contribution in [0.15, 0.2) is 58.8 Å². The highest BCUT2D eigenvalue weighted by Gasteiger charge is 2.19. The van der Waals surface area contributed by atoms with Crippen molar-refractivity contribution in [2.75, 3.05) is 0 Å². The molecule has 0 aliphatic rings. The summed E-state index contributed by atoms with van der Waals surface area (Å²) in [6, 6.07) is 13.0. The van der Waals surface area contributed by atoms with Gasteiger partial charge < -0.3 is 4.74 Å². The SMILES string of the molecule is CC(=O)Oc1csc2c1c(=O)n(-c1ccccc1)c1ncccc21. The number of nitrogens with zero attached hydrogens (tertiary/aromatic N) is 2. The maximum atomic E-state index is 13.1. The average molecular weight is 336 g/mol. The Balaban J connectivity index is 2.19. The van der Waals surface area contributed by atoms with Crippen molar-refractivity contribution in [1.82, 2.24) is 9.55 Å². The molecule has 0 bridgehead atoms. The van der Waals surface area contributed by atoms with Gasteiger partial charge in [0, 0.05) is 23.9 Å². The Morgan fingerprint density at radius 2 is 1.96 bits per heavy atom. The quantitative estimate of drug-likeness (QED) is 0.525. The first-order valence-corrected chi connectivity index (χ1v) is 8.19. The van der Waals surface area contributed by atoms with Gasteiger partial charge >= 0.3 is 5.97 Å². The van der Waals surface area contributed by atoms with E-state index in [-0.39, 0.29) is 5.56 Å². The Morgan fingerprint density at radius 3 is 2.71 bits per heavy atom. The van der Waals surface area contributed by atoms with E-state index in [1.807, 2.05) is 42.5 Å². The molecule has 4 rings (SSSR count). The number of carbonyl (C=O) groups is 1. The average Bonchev–Trinajstić information content (AvgIpc) is 3.00. The summed E-state index contributed by atoms with van der Waals surface area (Å²) in [4.78, 5) is 28.9. The van der Waals surface area contributed by atoms with Crippen molar-refractivity contribution in [3.63, 3.8) is 0 Å². The summed E-state index contributed by atoms with van der Waals surface area (Å²) in [6.07, 6.45) is 1.66. The van der Waals surface area contributed by atoms with Crippen LogP contribution in [0.4, 0.5) is 0 Å². The standard InChI is InChI=1S/C18H12N2O3S/c1-11(21)23-14-10-24-16-13-8-5-9-19-17(13)20(18(22)15(14)16)12-6-3-2-4-7-12/h2-10H,1H3. The van der Waals surface area contributed by atoms with Gasteiger partial charge in [0.1, 0.15) is 11.0 Å². The molecule has 5 nitrogen and oxygen atoms in total. The van der Waals surface area contributed by atoms with Gasteiger partial charge in [-0.25, -0.2) is 4.98 Å².